The molecule has 0 rings (SSSR count). The molecule has 0 spiro atoms. The standard InChI is InChI=1S/C12H26OS/c1-3-4-5-6-7-8-9-10-11-14-12-13-2/h3-12H2,1-2H3. The van der Waals surface area contributed by atoms with Gasteiger partial charge >= 0.3 is 0 Å². The van der Waals surface area contributed by atoms with Crippen LogP contribution in [0.25, 0.3) is 0 Å². The molecule has 0 unspecified atom stereocenters. The molecule has 0 aromatic heterocycles. The molecular weight excluding hydrogens is 192 g/mol. The van der Waals surface area contributed by atoms with Crippen LogP contribution in [0, 0.1) is 0 Å². The molecule has 14 heavy (non-hydrogen) atoms. The smallest absolute Gasteiger partial charge is 0.0917 e. The molecule has 0 saturated carbocycles. The van der Waals surface area contributed by atoms with E-state index in [4.69, 9.17) is 4.74 Å². The molecule has 0 aromatic carbocycles. The van der Waals surface area contributed by atoms with Crippen molar-refractivity contribution in [3.8, 4) is 0 Å². The summed E-state index contributed by atoms with van der Waals surface area (Å²) in [6.07, 6.45) is 11.3. The molecule has 0 fully saturated rings. The molecule has 0 aromatic rings. The number of rotatable bonds is 11. The van der Waals surface area contributed by atoms with E-state index >= 15 is 0 Å². The summed E-state index contributed by atoms with van der Waals surface area (Å²) in [7, 11) is 1.76. The van der Waals surface area contributed by atoms with Gasteiger partial charge in [0.05, 0.1) is 5.94 Å². The maximum atomic E-state index is 4.98. The van der Waals surface area contributed by atoms with Gasteiger partial charge in [0.15, 0.2) is 0 Å². The zero-order chi connectivity index (χ0) is 10.5. The van der Waals surface area contributed by atoms with E-state index in [1.165, 1.54) is 57.1 Å². The van der Waals surface area contributed by atoms with E-state index in [-0.39, 0.29) is 0 Å². The van der Waals surface area contributed by atoms with Crippen molar-refractivity contribution in [3.05, 3.63) is 0 Å². The molecule has 0 heterocycles. The van der Waals surface area contributed by atoms with E-state index in [1.54, 1.807) is 7.11 Å². The number of unbranched alkanes of at least 4 members (excludes halogenated alkanes) is 7. The van der Waals surface area contributed by atoms with Crippen molar-refractivity contribution in [2.45, 2.75) is 58.3 Å². The molecule has 1 nitrogen and oxygen atoms in total. The molecule has 0 saturated heterocycles. The third-order valence-electron chi connectivity index (χ3n) is 2.34. The first-order valence-corrected chi connectivity index (χ1v) is 7.14. The predicted molar refractivity (Wildman–Crippen MR) is 66.9 cm³/mol. The minimum absolute atomic E-state index is 0.858. The summed E-state index contributed by atoms with van der Waals surface area (Å²) in [5, 5.41) is 0. The fourth-order valence-electron chi connectivity index (χ4n) is 1.48. The number of hydrogen-bond donors (Lipinski definition) is 0. The lowest BCUT2D eigenvalue weighted by Gasteiger charge is -2.01. The van der Waals surface area contributed by atoms with E-state index in [0.717, 1.165) is 5.94 Å². The normalized spacial score (nSPS) is 10.7. The summed E-state index contributed by atoms with van der Waals surface area (Å²) >= 11 is 1.90. The van der Waals surface area contributed by atoms with Crippen molar-refractivity contribution in [1.29, 1.82) is 0 Å². The Balaban J connectivity index is 2.78. The van der Waals surface area contributed by atoms with Crippen LogP contribution in [0.15, 0.2) is 0 Å². The topological polar surface area (TPSA) is 9.23 Å². The summed E-state index contributed by atoms with van der Waals surface area (Å²) < 4.78 is 4.98. The number of methoxy groups -OCH3 is 1. The molecule has 0 bridgehead atoms. The molecule has 0 atom stereocenters. The van der Waals surface area contributed by atoms with Gasteiger partial charge in [-0.25, -0.2) is 0 Å². The third-order valence-corrected chi connectivity index (χ3v) is 3.32. The summed E-state index contributed by atoms with van der Waals surface area (Å²) in [6, 6.07) is 0. The minimum atomic E-state index is 0.858. The molecule has 0 N–H and O–H groups in total. The average Bonchev–Trinajstić information content (AvgIpc) is 2.21. The molecular formula is C12H26OS. The van der Waals surface area contributed by atoms with Crippen LogP contribution in [-0.4, -0.2) is 18.8 Å². The Hall–Kier alpha value is 0.310. The third kappa shape index (κ3) is 12.3. The Bertz CT molecular complexity index is 84.3. The van der Waals surface area contributed by atoms with Crippen molar-refractivity contribution in [2.24, 2.45) is 0 Å². The zero-order valence-electron chi connectivity index (χ0n) is 9.89. The zero-order valence-corrected chi connectivity index (χ0v) is 10.7. The highest BCUT2D eigenvalue weighted by Gasteiger charge is 1.91. The van der Waals surface area contributed by atoms with E-state index in [1.807, 2.05) is 11.8 Å². The van der Waals surface area contributed by atoms with E-state index < -0.39 is 0 Å². The fourth-order valence-corrected chi connectivity index (χ4v) is 2.17. The maximum absolute atomic E-state index is 4.98. The fraction of sp³-hybridized carbons (Fsp3) is 1.00. The Morgan fingerprint density at radius 2 is 1.43 bits per heavy atom. The van der Waals surface area contributed by atoms with Gasteiger partial charge in [0, 0.05) is 7.11 Å². The number of hydrogen-bond acceptors (Lipinski definition) is 2. The summed E-state index contributed by atoms with van der Waals surface area (Å²) in [5.41, 5.74) is 0. The molecule has 0 radical (unpaired) electrons. The molecule has 0 aliphatic rings. The van der Waals surface area contributed by atoms with Crippen LogP contribution >= 0.6 is 11.8 Å². The van der Waals surface area contributed by atoms with Crippen LogP contribution in [0.4, 0.5) is 0 Å². The Morgan fingerprint density at radius 3 is 2.00 bits per heavy atom. The van der Waals surface area contributed by atoms with Gasteiger partial charge in [-0.1, -0.05) is 51.9 Å². The van der Waals surface area contributed by atoms with E-state index in [9.17, 15) is 0 Å². The highest BCUT2D eigenvalue weighted by Crippen LogP contribution is 2.10. The average molecular weight is 218 g/mol. The first-order valence-electron chi connectivity index (χ1n) is 5.98. The Labute approximate surface area is 94.0 Å². The second kappa shape index (κ2) is 13.3. The van der Waals surface area contributed by atoms with Gasteiger partial charge in [0.25, 0.3) is 0 Å². The molecule has 0 aliphatic heterocycles. The second-order valence-corrected chi connectivity index (χ2v) is 4.84. The van der Waals surface area contributed by atoms with E-state index in [0.29, 0.717) is 0 Å². The van der Waals surface area contributed by atoms with Gasteiger partial charge in [-0.3, -0.25) is 0 Å². The van der Waals surface area contributed by atoms with Gasteiger partial charge in [-0.05, 0) is 12.2 Å². The quantitative estimate of drug-likeness (QED) is 0.374. The minimum Gasteiger partial charge on any atom is -0.374 e. The predicted octanol–water partition coefficient (Wildman–Crippen LogP) is 4.46. The van der Waals surface area contributed by atoms with Gasteiger partial charge < -0.3 is 4.74 Å². The second-order valence-electron chi connectivity index (χ2n) is 3.79. The maximum Gasteiger partial charge on any atom is 0.0917 e. The van der Waals surface area contributed by atoms with Gasteiger partial charge in [-0.15, -0.1) is 11.8 Å². The van der Waals surface area contributed by atoms with Crippen LogP contribution in [0.1, 0.15) is 58.3 Å². The van der Waals surface area contributed by atoms with Crippen molar-refractivity contribution < 1.29 is 4.74 Å². The largest absolute Gasteiger partial charge is 0.374 e. The first kappa shape index (κ1) is 14.3. The van der Waals surface area contributed by atoms with Crippen molar-refractivity contribution in [2.75, 3.05) is 18.8 Å². The lowest BCUT2D eigenvalue weighted by Crippen LogP contribution is -1.86. The summed E-state index contributed by atoms with van der Waals surface area (Å²) in [4.78, 5) is 0. The first-order chi connectivity index (χ1) is 6.91. The monoisotopic (exact) mass is 218 g/mol. The Morgan fingerprint density at radius 1 is 0.857 bits per heavy atom. The van der Waals surface area contributed by atoms with Crippen molar-refractivity contribution in [1.82, 2.24) is 0 Å². The highest BCUT2D eigenvalue weighted by atomic mass is 32.2. The lowest BCUT2D eigenvalue weighted by molar-refractivity contribution is 0.259. The van der Waals surface area contributed by atoms with Gasteiger partial charge in [-0.2, -0.15) is 0 Å². The number of ether oxygens (including phenoxy) is 1. The van der Waals surface area contributed by atoms with Gasteiger partial charge in [0.2, 0.25) is 0 Å². The van der Waals surface area contributed by atoms with Crippen LogP contribution in [0.5, 0.6) is 0 Å². The Kier molecular flexibility index (Phi) is 13.6. The van der Waals surface area contributed by atoms with E-state index in [2.05, 4.69) is 6.92 Å². The highest BCUT2D eigenvalue weighted by molar-refractivity contribution is 7.99. The van der Waals surface area contributed by atoms with Crippen LogP contribution in [-0.2, 0) is 4.74 Å². The lowest BCUT2D eigenvalue weighted by atomic mass is 10.1. The molecule has 0 aliphatic carbocycles. The molecule has 0 amide bonds. The van der Waals surface area contributed by atoms with Gasteiger partial charge in [0.1, 0.15) is 0 Å². The van der Waals surface area contributed by atoms with Crippen molar-refractivity contribution in [3.63, 3.8) is 0 Å². The number of thioether (sulfide) groups is 1. The summed E-state index contributed by atoms with van der Waals surface area (Å²) in [6.45, 7) is 2.27. The molecule has 86 valence electrons. The van der Waals surface area contributed by atoms with Crippen molar-refractivity contribution >= 4 is 11.8 Å². The van der Waals surface area contributed by atoms with Crippen LogP contribution in [0.3, 0.4) is 0 Å². The summed E-state index contributed by atoms with van der Waals surface area (Å²) in [5.74, 6) is 2.12. The SMILES string of the molecule is CCCCCCCCCCSCOC. The van der Waals surface area contributed by atoms with Crippen LogP contribution < -0.4 is 0 Å². The molecule has 2 heteroatoms. The van der Waals surface area contributed by atoms with Crippen LogP contribution in [0.2, 0.25) is 0 Å².